The number of para-hydroxylation sites is 1. The van der Waals surface area contributed by atoms with Crippen LogP contribution in [0.1, 0.15) is 15.9 Å². The van der Waals surface area contributed by atoms with E-state index >= 15 is 0 Å². The van der Waals surface area contributed by atoms with Crippen LogP contribution in [-0.4, -0.2) is 24.2 Å². The van der Waals surface area contributed by atoms with Crippen LogP contribution in [0, 0.1) is 0 Å². The van der Waals surface area contributed by atoms with Crippen molar-refractivity contribution in [3.05, 3.63) is 95.0 Å². The maximum absolute atomic E-state index is 12.9. The van der Waals surface area contributed by atoms with E-state index in [0.29, 0.717) is 16.3 Å². The summed E-state index contributed by atoms with van der Waals surface area (Å²) in [6.45, 7) is 0. The third kappa shape index (κ3) is 4.31. The summed E-state index contributed by atoms with van der Waals surface area (Å²) in [5.41, 5.74) is 6.21. The van der Waals surface area contributed by atoms with Gasteiger partial charge in [-0.3, -0.25) is 4.79 Å². The summed E-state index contributed by atoms with van der Waals surface area (Å²) < 4.78 is 5.20. The molecule has 148 valence electrons. The second-order valence-corrected chi connectivity index (χ2v) is 6.99. The van der Waals surface area contributed by atoms with Crippen molar-refractivity contribution in [3.63, 3.8) is 0 Å². The lowest BCUT2D eigenvalue weighted by molar-refractivity contribution is 0.0956. The summed E-state index contributed by atoms with van der Waals surface area (Å²) >= 11 is 5.99. The summed E-state index contributed by atoms with van der Waals surface area (Å²) in [5, 5.41) is 5.49. The third-order valence-corrected chi connectivity index (χ3v) is 4.83. The van der Waals surface area contributed by atoms with Crippen LogP contribution < -0.4 is 10.2 Å². The molecule has 3 aromatic carbocycles. The van der Waals surface area contributed by atoms with Gasteiger partial charge in [0.05, 0.1) is 30.1 Å². The second kappa shape index (κ2) is 8.76. The van der Waals surface area contributed by atoms with E-state index in [2.05, 4.69) is 15.5 Å². The summed E-state index contributed by atoms with van der Waals surface area (Å²) in [6.07, 6.45) is 1.57. The Kier molecular flexibility index (Phi) is 5.72. The van der Waals surface area contributed by atoms with Crippen LogP contribution in [0.2, 0.25) is 5.02 Å². The smallest absolute Gasteiger partial charge is 0.272 e. The molecule has 0 spiro atoms. The minimum Gasteiger partial charge on any atom is -0.497 e. The molecule has 0 unspecified atom stereocenters. The third-order valence-electron chi connectivity index (χ3n) is 4.57. The minimum absolute atomic E-state index is 0.317. The fraction of sp³-hybridized carbons (Fsp3) is 0.0417. The molecule has 0 saturated heterocycles. The molecule has 4 rings (SSSR count). The second-order valence-electron chi connectivity index (χ2n) is 6.55. The van der Waals surface area contributed by atoms with Gasteiger partial charge in [-0.15, -0.1) is 0 Å². The lowest BCUT2D eigenvalue weighted by Gasteiger charge is -2.09. The predicted octanol–water partition coefficient (Wildman–Crippen LogP) is 5.33. The molecule has 4 aromatic rings. The van der Waals surface area contributed by atoms with E-state index < -0.39 is 0 Å². The highest BCUT2D eigenvalue weighted by molar-refractivity contribution is 6.30. The SMILES string of the molecule is COc1cccc(C=NNC(=O)c2cc(-c3ccc(Cl)cc3)nc3ccccc23)c1. The van der Waals surface area contributed by atoms with Gasteiger partial charge in [0.25, 0.3) is 5.91 Å². The van der Waals surface area contributed by atoms with Crippen LogP contribution in [0.5, 0.6) is 5.75 Å². The average molecular weight is 416 g/mol. The standard InChI is InChI=1S/C24H18ClN3O2/c1-30-19-6-4-5-16(13-19)15-26-28-24(29)21-14-23(17-9-11-18(25)12-10-17)27-22-8-3-2-7-20(21)22/h2-15H,1H3,(H,28,29). The first-order valence-corrected chi connectivity index (χ1v) is 9.65. The normalized spacial score (nSPS) is 11.0. The van der Waals surface area contributed by atoms with Gasteiger partial charge in [0.1, 0.15) is 5.75 Å². The topological polar surface area (TPSA) is 63.6 Å². The van der Waals surface area contributed by atoms with E-state index in [9.17, 15) is 4.79 Å². The molecule has 0 atom stereocenters. The van der Waals surface area contributed by atoms with Crippen LogP contribution in [0.3, 0.4) is 0 Å². The number of nitrogens with one attached hydrogen (secondary N) is 1. The van der Waals surface area contributed by atoms with Gasteiger partial charge >= 0.3 is 0 Å². The number of rotatable bonds is 5. The number of carbonyl (C=O) groups excluding carboxylic acids is 1. The van der Waals surface area contributed by atoms with Crippen LogP contribution in [-0.2, 0) is 0 Å². The molecule has 6 heteroatoms. The van der Waals surface area contributed by atoms with E-state index in [1.54, 1.807) is 31.5 Å². The minimum atomic E-state index is -0.317. The first-order chi connectivity index (χ1) is 14.6. The Morgan fingerprint density at radius 1 is 1.03 bits per heavy atom. The molecule has 5 nitrogen and oxygen atoms in total. The Bertz CT molecular complexity index is 1240. The Hall–Kier alpha value is -3.70. The first-order valence-electron chi connectivity index (χ1n) is 9.27. The van der Waals surface area contributed by atoms with Gasteiger partial charge in [-0.25, -0.2) is 10.4 Å². The number of pyridine rings is 1. The van der Waals surface area contributed by atoms with Gasteiger partial charge in [-0.1, -0.05) is 54.1 Å². The number of carbonyl (C=O) groups is 1. The van der Waals surface area contributed by atoms with Crippen molar-refractivity contribution in [2.45, 2.75) is 0 Å². The number of hydrogen-bond acceptors (Lipinski definition) is 4. The molecule has 1 aromatic heterocycles. The van der Waals surface area contributed by atoms with Crippen LogP contribution in [0.15, 0.2) is 84.0 Å². The Labute approximate surface area is 179 Å². The monoisotopic (exact) mass is 415 g/mol. The van der Waals surface area contributed by atoms with Crippen molar-refractivity contribution in [1.82, 2.24) is 10.4 Å². The Balaban J connectivity index is 1.65. The van der Waals surface area contributed by atoms with Crippen molar-refractivity contribution in [2.24, 2.45) is 5.10 Å². The number of aromatic nitrogens is 1. The largest absolute Gasteiger partial charge is 0.497 e. The predicted molar refractivity (Wildman–Crippen MR) is 120 cm³/mol. The number of nitrogens with zero attached hydrogens (tertiary/aromatic N) is 2. The average Bonchev–Trinajstić information content (AvgIpc) is 2.79. The number of methoxy groups -OCH3 is 1. The lowest BCUT2D eigenvalue weighted by atomic mass is 10.0. The van der Waals surface area contributed by atoms with Crippen LogP contribution >= 0.6 is 11.6 Å². The van der Waals surface area contributed by atoms with Gasteiger partial charge < -0.3 is 4.74 Å². The molecule has 1 amide bonds. The molecule has 0 aliphatic rings. The van der Waals surface area contributed by atoms with Crippen molar-refractivity contribution in [3.8, 4) is 17.0 Å². The van der Waals surface area contributed by atoms with Gasteiger partial charge in [0, 0.05) is 16.0 Å². The Morgan fingerprint density at radius 3 is 2.63 bits per heavy atom. The van der Waals surface area contributed by atoms with Crippen molar-refractivity contribution in [1.29, 1.82) is 0 Å². The number of fused-ring (bicyclic) bond motifs is 1. The van der Waals surface area contributed by atoms with E-state index in [-0.39, 0.29) is 5.91 Å². The number of amides is 1. The molecule has 0 aliphatic heterocycles. The van der Waals surface area contributed by atoms with E-state index in [1.165, 1.54) is 0 Å². The van der Waals surface area contributed by atoms with Crippen LogP contribution in [0.4, 0.5) is 0 Å². The van der Waals surface area contributed by atoms with Gasteiger partial charge in [-0.2, -0.15) is 5.10 Å². The highest BCUT2D eigenvalue weighted by atomic mass is 35.5. The fourth-order valence-corrected chi connectivity index (χ4v) is 3.21. The van der Waals surface area contributed by atoms with E-state index in [1.807, 2.05) is 60.7 Å². The van der Waals surface area contributed by atoms with E-state index in [0.717, 1.165) is 27.8 Å². The molecule has 0 saturated carbocycles. The molecular weight excluding hydrogens is 398 g/mol. The lowest BCUT2D eigenvalue weighted by Crippen LogP contribution is -2.18. The highest BCUT2D eigenvalue weighted by Gasteiger charge is 2.13. The van der Waals surface area contributed by atoms with Gasteiger partial charge in [0.2, 0.25) is 0 Å². The molecular formula is C24H18ClN3O2. The maximum atomic E-state index is 12.9. The van der Waals surface area contributed by atoms with Crippen LogP contribution in [0.25, 0.3) is 22.2 Å². The summed E-state index contributed by atoms with van der Waals surface area (Å²) in [7, 11) is 1.60. The quantitative estimate of drug-likeness (QED) is 0.354. The molecule has 0 radical (unpaired) electrons. The number of benzene rings is 3. The zero-order chi connectivity index (χ0) is 20.9. The molecule has 0 aliphatic carbocycles. The molecule has 1 heterocycles. The van der Waals surface area contributed by atoms with Crippen molar-refractivity contribution < 1.29 is 9.53 Å². The number of ether oxygens (including phenoxy) is 1. The highest BCUT2D eigenvalue weighted by Crippen LogP contribution is 2.26. The molecule has 0 bridgehead atoms. The first kappa shape index (κ1) is 19.6. The summed E-state index contributed by atoms with van der Waals surface area (Å²) in [5.74, 6) is 0.404. The van der Waals surface area contributed by atoms with E-state index in [4.69, 9.17) is 16.3 Å². The molecule has 30 heavy (non-hydrogen) atoms. The summed E-state index contributed by atoms with van der Waals surface area (Å²) in [6, 6.07) is 24.0. The molecule has 1 N–H and O–H groups in total. The maximum Gasteiger partial charge on any atom is 0.272 e. The van der Waals surface area contributed by atoms with Crippen molar-refractivity contribution in [2.75, 3.05) is 7.11 Å². The summed E-state index contributed by atoms with van der Waals surface area (Å²) in [4.78, 5) is 17.6. The molecule has 0 fully saturated rings. The van der Waals surface area contributed by atoms with Crippen molar-refractivity contribution >= 4 is 34.6 Å². The zero-order valence-electron chi connectivity index (χ0n) is 16.2. The number of halogens is 1. The number of hydrogen-bond donors (Lipinski definition) is 1. The van der Waals surface area contributed by atoms with Gasteiger partial charge in [0.15, 0.2) is 0 Å². The number of hydrazone groups is 1. The fourth-order valence-electron chi connectivity index (χ4n) is 3.08. The van der Waals surface area contributed by atoms with Gasteiger partial charge in [-0.05, 0) is 42.0 Å². The zero-order valence-corrected chi connectivity index (χ0v) is 16.9. The Morgan fingerprint density at radius 2 is 1.83 bits per heavy atom.